The van der Waals surface area contributed by atoms with Gasteiger partial charge in [-0.3, -0.25) is 0 Å². The minimum Gasteiger partial charge on any atom is -0.0620 e. The summed E-state index contributed by atoms with van der Waals surface area (Å²) in [6.45, 7) is 0. The third-order valence-corrected chi connectivity index (χ3v) is 3.63. The second-order valence-electron chi connectivity index (χ2n) is 3.14. The lowest BCUT2D eigenvalue weighted by Crippen LogP contribution is -1.89. The standard InChI is InChI=1S/C9H12Si/c10-9-6-5-7-3-1-2-4-8(7)9/h1-4,9H,5-6H2,10H3. The Morgan fingerprint density at radius 3 is 2.90 bits per heavy atom. The van der Waals surface area contributed by atoms with E-state index in [1.54, 1.807) is 11.1 Å². The van der Waals surface area contributed by atoms with Gasteiger partial charge in [0.2, 0.25) is 0 Å². The van der Waals surface area contributed by atoms with Gasteiger partial charge in [-0.15, -0.1) is 0 Å². The lowest BCUT2D eigenvalue weighted by Gasteiger charge is -2.01. The molecular formula is C9H12Si. The van der Waals surface area contributed by atoms with Crippen LogP contribution in [-0.2, 0) is 6.42 Å². The molecule has 1 heteroatoms. The van der Waals surface area contributed by atoms with Crippen LogP contribution in [0.3, 0.4) is 0 Å². The Balaban J connectivity index is 2.51. The molecule has 0 saturated heterocycles. The van der Waals surface area contributed by atoms with Crippen molar-refractivity contribution >= 4 is 10.2 Å². The molecule has 0 saturated carbocycles. The first-order chi connectivity index (χ1) is 4.88. The van der Waals surface area contributed by atoms with E-state index in [9.17, 15) is 0 Å². The second kappa shape index (κ2) is 2.24. The minimum absolute atomic E-state index is 0.941. The van der Waals surface area contributed by atoms with Crippen molar-refractivity contribution in [1.82, 2.24) is 0 Å². The Bertz CT molecular complexity index is 242. The molecule has 1 aromatic carbocycles. The van der Waals surface area contributed by atoms with Crippen LogP contribution in [0.15, 0.2) is 24.3 Å². The van der Waals surface area contributed by atoms with Gasteiger partial charge in [0, 0.05) is 10.2 Å². The minimum atomic E-state index is 0.941. The molecule has 0 radical (unpaired) electrons. The zero-order valence-electron chi connectivity index (χ0n) is 6.30. The van der Waals surface area contributed by atoms with Crippen LogP contribution in [0.1, 0.15) is 23.1 Å². The van der Waals surface area contributed by atoms with Crippen molar-refractivity contribution in [3.63, 3.8) is 0 Å². The topological polar surface area (TPSA) is 0 Å². The number of fused-ring (bicyclic) bond motifs is 1. The van der Waals surface area contributed by atoms with Crippen LogP contribution in [0.2, 0.25) is 0 Å². The van der Waals surface area contributed by atoms with E-state index in [1.165, 1.54) is 23.1 Å². The summed E-state index contributed by atoms with van der Waals surface area (Å²) >= 11 is 0. The average Bonchev–Trinajstić information content (AvgIpc) is 2.34. The molecule has 0 aromatic heterocycles. The predicted molar refractivity (Wildman–Crippen MR) is 47.4 cm³/mol. The molecule has 1 aliphatic rings. The number of hydrogen-bond donors (Lipinski definition) is 0. The van der Waals surface area contributed by atoms with E-state index >= 15 is 0 Å². The monoisotopic (exact) mass is 148 g/mol. The van der Waals surface area contributed by atoms with Crippen LogP contribution in [-0.4, -0.2) is 10.2 Å². The van der Waals surface area contributed by atoms with Crippen molar-refractivity contribution in [2.45, 2.75) is 18.4 Å². The lowest BCUT2D eigenvalue weighted by atomic mass is 10.1. The van der Waals surface area contributed by atoms with E-state index in [1.807, 2.05) is 0 Å². The van der Waals surface area contributed by atoms with Gasteiger partial charge in [-0.05, 0) is 29.5 Å². The van der Waals surface area contributed by atoms with Crippen molar-refractivity contribution < 1.29 is 0 Å². The number of benzene rings is 1. The third kappa shape index (κ3) is 0.816. The first-order valence-electron chi connectivity index (χ1n) is 3.96. The summed E-state index contributed by atoms with van der Waals surface area (Å²) < 4.78 is 0. The highest BCUT2D eigenvalue weighted by molar-refractivity contribution is 6.12. The van der Waals surface area contributed by atoms with Crippen molar-refractivity contribution in [2.24, 2.45) is 0 Å². The molecule has 52 valence electrons. The molecule has 10 heavy (non-hydrogen) atoms. The maximum atomic E-state index is 2.29. The van der Waals surface area contributed by atoms with Gasteiger partial charge in [0.1, 0.15) is 0 Å². The molecule has 0 N–H and O–H groups in total. The fourth-order valence-corrected chi connectivity index (χ4v) is 2.62. The van der Waals surface area contributed by atoms with E-state index in [0.717, 1.165) is 5.54 Å². The molecule has 1 atom stereocenters. The van der Waals surface area contributed by atoms with E-state index in [-0.39, 0.29) is 0 Å². The molecule has 0 nitrogen and oxygen atoms in total. The molecule has 1 aromatic rings. The summed E-state index contributed by atoms with van der Waals surface area (Å²) in [5.74, 6) is 0. The Kier molecular flexibility index (Phi) is 1.38. The largest absolute Gasteiger partial charge is 0.0620 e. The van der Waals surface area contributed by atoms with Crippen molar-refractivity contribution in [3.05, 3.63) is 35.4 Å². The van der Waals surface area contributed by atoms with Gasteiger partial charge in [0.25, 0.3) is 0 Å². The van der Waals surface area contributed by atoms with E-state index in [0.29, 0.717) is 0 Å². The van der Waals surface area contributed by atoms with Crippen LogP contribution in [0, 0.1) is 0 Å². The Morgan fingerprint density at radius 2 is 2.10 bits per heavy atom. The van der Waals surface area contributed by atoms with Gasteiger partial charge in [-0.2, -0.15) is 0 Å². The number of hydrogen-bond acceptors (Lipinski definition) is 0. The van der Waals surface area contributed by atoms with Gasteiger partial charge in [0.05, 0.1) is 0 Å². The van der Waals surface area contributed by atoms with E-state index in [4.69, 9.17) is 0 Å². The highest BCUT2D eigenvalue weighted by Crippen LogP contribution is 2.29. The molecule has 0 spiro atoms. The summed E-state index contributed by atoms with van der Waals surface area (Å²) in [5, 5.41) is 0. The Hall–Kier alpha value is -0.563. The summed E-state index contributed by atoms with van der Waals surface area (Å²) in [4.78, 5) is 0. The third-order valence-electron chi connectivity index (χ3n) is 2.43. The highest BCUT2D eigenvalue weighted by atomic mass is 28.1. The van der Waals surface area contributed by atoms with Crippen molar-refractivity contribution in [2.75, 3.05) is 0 Å². The summed E-state index contributed by atoms with van der Waals surface area (Å²) in [5.41, 5.74) is 4.17. The van der Waals surface area contributed by atoms with Gasteiger partial charge >= 0.3 is 0 Å². The molecule has 1 aliphatic carbocycles. The number of rotatable bonds is 0. The first-order valence-corrected chi connectivity index (χ1v) is 5.11. The Morgan fingerprint density at radius 1 is 1.30 bits per heavy atom. The summed E-state index contributed by atoms with van der Waals surface area (Å²) in [6, 6.07) is 8.88. The summed E-state index contributed by atoms with van der Waals surface area (Å²) in [7, 11) is 1.33. The second-order valence-corrected chi connectivity index (χ2v) is 4.53. The number of aryl methyl sites for hydroxylation is 1. The van der Waals surface area contributed by atoms with Crippen LogP contribution >= 0.6 is 0 Å². The normalized spacial score (nSPS) is 23.0. The first kappa shape index (κ1) is 6.17. The van der Waals surface area contributed by atoms with Crippen LogP contribution in [0.25, 0.3) is 0 Å². The maximum absolute atomic E-state index is 2.29. The van der Waals surface area contributed by atoms with Crippen LogP contribution < -0.4 is 0 Å². The lowest BCUT2D eigenvalue weighted by molar-refractivity contribution is 0.880. The predicted octanol–water partition coefficient (Wildman–Crippen LogP) is 1.04. The quantitative estimate of drug-likeness (QED) is 0.482. The average molecular weight is 148 g/mol. The zero-order chi connectivity index (χ0) is 6.97. The van der Waals surface area contributed by atoms with Gasteiger partial charge < -0.3 is 0 Å². The molecular weight excluding hydrogens is 136 g/mol. The smallest absolute Gasteiger partial charge is 0.0123 e. The molecule has 1 unspecified atom stereocenters. The van der Waals surface area contributed by atoms with Crippen molar-refractivity contribution in [3.8, 4) is 0 Å². The van der Waals surface area contributed by atoms with Crippen LogP contribution in [0.4, 0.5) is 0 Å². The van der Waals surface area contributed by atoms with E-state index in [2.05, 4.69) is 24.3 Å². The van der Waals surface area contributed by atoms with Crippen LogP contribution in [0.5, 0.6) is 0 Å². The highest BCUT2D eigenvalue weighted by Gasteiger charge is 2.16. The van der Waals surface area contributed by atoms with Gasteiger partial charge in [0.15, 0.2) is 0 Å². The van der Waals surface area contributed by atoms with Gasteiger partial charge in [-0.1, -0.05) is 24.3 Å². The SMILES string of the molecule is [SiH3]C1CCc2ccccc21. The maximum Gasteiger partial charge on any atom is 0.0123 e. The molecule has 0 amide bonds. The molecule has 0 heterocycles. The zero-order valence-corrected chi connectivity index (χ0v) is 8.30. The van der Waals surface area contributed by atoms with Crippen molar-refractivity contribution in [1.29, 1.82) is 0 Å². The molecule has 0 aliphatic heterocycles. The fourth-order valence-electron chi connectivity index (χ4n) is 1.77. The molecule has 0 bridgehead atoms. The van der Waals surface area contributed by atoms with Gasteiger partial charge in [-0.25, -0.2) is 0 Å². The van der Waals surface area contributed by atoms with E-state index < -0.39 is 0 Å². The molecule has 0 fully saturated rings. The Labute approximate surface area is 64.7 Å². The summed E-state index contributed by atoms with van der Waals surface area (Å²) in [6.07, 6.45) is 2.73. The fraction of sp³-hybridized carbons (Fsp3) is 0.333. The molecule has 2 rings (SSSR count).